The Morgan fingerprint density at radius 3 is 2.69 bits per heavy atom. The minimum Gasteiger partial charge on any atom is -0.343 e. The molecule has 2 nitrogen and oxygen atoms in total. The van der Waals surface area contributed by atoms with Gasteiger partial charge in [-0.3, -0.25) is 4.79 Å². The molecule has 0 aromatic carbocycles. The van der Waals surface area contributed by atoms with Crippen LogP contribution in [0.4, 0.5) is 0 Å². The average molecular weight is 222 g/mol. The Morgan fingerprint density at radius 2 is 2.15 bits per heavy atom. The number of hydrogen-bond donors (Lipinski definition) is 0. The zero-order chi connectivity index (χ0) is 9.68. The number of halogens is 1. The molecule has 0 unspecified atom stereocenters. The van der Waals surface area contributed by atoms with E-state index >= 15 is 0 Å². The Hall–Kier alpha value is 0.110. The van der Waals surface area contributed by atoms with Crippen molar-refractivity contribution in [3.8, 4) is 0 Å². The Labute approximate surface area is 89.0 Å². The summed E-state index contributed by atoms with van der Waals surface area (Å²) < 4.78 is 0. The van der Waals surface area contributed by atoms with Crippen LogP contribution in [-0.2, 0) is 4.79 Å². The highest BCUT2D eigenvalue weighted by Crippen LogP contribution is 2.21. The van der Waals surface area contributed by atoms with E-state index in [1.165, 1.54) is 11.5 Å². The number of alkyl halides is 1. The molecule has 1 amide bonds. The fraction of sp³-hybridized carbons (Fsp3) is 0.889. The van der Waals surface area contributed by atoms with Gasteiger partial charge in [-0.15, -0.1) is 11.6 Å². The summed E-state index contributed by atoms with van der Waals surface area (Å²) in [6, 6.07) is 0.456. The van der Waals surface area contributed by atoms with Gasteiger partial charge in [0, 0.05) is 25.4 Å². The molecule has 0 aromatic rings. The summed E-state index contributed by atoms with van der Waals surface area (Å²) in [6.45, 7) is 0. The van der Waals surface area contributed by atoms with Crippen LogP contribution in [0.2, 0.25) is 0 Å². The second-order valence-electron chi connectivity index (χ2n) is 3.29. The van der Waals surface area contributed by atoms with Crippen LogP contribution in [0.5, 0.6) is 0 Å². The smallest absolute Gasteiger partial charge is 0.223 e. The molecule has 0 aromatic heterocycles. The maximum absolute atomic E-state index is 11.5. The molecular weight excluding hydrogens is 206 g/mol. The molecule has 0 bridgehead atoms. The lowest BCUT2D eigenvalue weighted by Gasteiger charge is -2.30. The first-order valence-corrected chi connectivity index (χ1v) is 6.34. The number of hydrogen-bond acceptors (Lipinski definition) is 2. The van der Waals surface area contributed by atoms with Crippen molar-refractivity contribution in [1.29, 1.82) is 0 Å². The fourth-order valence-electron chi connectivity index (χ4n) is 1.53. The largest absolute Gasteiger partial charge is 0.343 e. The van der Waals surface area contributed by atoms with E-state index in [1.54, 1.807) is 0 Å². The van der Waals surface area contributed by atoms with Crippen molar-refractivity contribution in [2.24, 2.45) is 0 Å². The number of thioether (sulfide) groups is 1. The summed E-state index contributed by atoms with van der Waals surface area (Å²) in [6.07, 6.45) is 2.74. The molecule has 13 heavy (non-hydrogen) atoms. The molecule has 76 valence electrons. The van der Waals surface area contributed by atoms with Crippen molar-refractivity contribution in [2.75, 3.05) is 24.4 Å². The van der Waals surface area contributed by atoms with Gasteiger partial charge < -0.3 is 4.90 Å². The molecule has 1 saturated heterocycles. The number of amides is 1. The van der Waals surface area contributed by atoms with Crippen molar-refractivity contribution < 1.29 is 4.79 Å². The summed E-state index contributed by atoms with van der Waals surface area (Å²) >= 11 is 7.50. The minimum atomic E-state index is 0.187. The maximum atomic E-state index is 11.5. The first-order valence-electron chi connectivity index (χ1n) is 4.65. The highest BCUT2D eigenvalue weighted by molar-refractivity contribution is 7.99. The van der Waals surface area contributed by atoms with Gasteiger partial charge in [-0.2, -0.15) is 11.8 Å². The number of rotatable bonds is 3. The standard InChI is InChI=1S/C9H16ClNOS/c1-11(9(12)2-5-10)8-3-6-13-7-4-8/h8H,2-7H2,1H3. The summed E-state index contributed by atoms with van der Waals surface area (Å²) in [5, 5.41) is 0. The molecule has 1 rings (SSSR count). The minimum absolute atomic E-state index is 0.187. The fourth-order valence-corrected chi connectivity index (χ4v) is 2.78. The normalized spacial score (nSPS) is 18.6. The molecule has 0 atom stereocenters. The van der Waals surface area contributed by atoms with E-state index in [-0.39, 0.29) is 5.91 Å². The van der Waals surface area contributed by atoms with E-state index in [0.717, 1.165) is 12.8 Å². The van der Waals surface area contributed by atoms with Gasteiger partial charge in [0.05, 0.1) is 0 Å². The molecule has 0 radical (unpaired) electrons. The Bertz CT molecular complexity index is 171. The quantitative estimate of drug-likeness (QED) is 0.680. The molecule has 0 aliphatic carbocycles. The predicted molar refractivity (Wildman–Crippen MR) is 58.5 cm³/mol. The van der Waals surface area contributed by atoms with Gasteiger partial charge in [0.15, 0.2) is 0 Å². The first-order chi connectivity index (χ1) is 6.25. The molecule has 0 spiro atoms. The molecule has 1 aliphatic rings. The number of carbonyl (C=O) groups excluding carboxylic acids is 1. The van der Waals surface area contributed by atoms with Crippen LogP contribution in [-0.4, -0.2) is 41.3 Å². The van der Waals surface area contributed by atoms with Crippen molar-refractivity contribution in [3.05, 3.63) is 0 Å². The van der Waals surface area contributed by atoms with Gasteiger partial charge in [0.1, 0.15) is 0 Å². The van der Waals surface area contributed by atoms with Gasteiger partial charge in [-0.05, 0) is 24.3 Å². The molecular formula is C9H16ClNOS. The third-order valence-corrected chi connectivity index (χ3v) is 3.68. The zero-order valence-corrected chi connectivity index (χ0v) is 9.53. The highest BCUT2D eigenvalue weighted by atomic mass is 35.5. The van der Waals surface area contributed by atoms with Gasteiger partial charge >= 0.3 is 0 Å². The molecule has 4 heteroatoms. The SMILES string of the molecule is CN(C(=O)CCCl)C1CCSCC1. The van der Waals surface area contributed by atoms with Crippen molar-refractivity contribution in [2.45, 2.75) is 25.3 Å². The Morgan fingerprint density at radius 1 is 1.54 bits per heavy atom. The average Bonchev–Trinajstić information content (AvgIpc) is 2.18. The lowest BCUT2D eigenvalue weighted by molar-refractivity contribution is -0.131. The van der Waals surface area contributed by atoms with E-state index < -0.39 is 0 Å². The highest BCUT2D eigenvalue weighted by Gasteiger charge is 2.21. The second-order valence-corrected chi connectivity index (χ2v) is 4.89. The van der Waals surface area contributed by atoms with Gasteiger partial charge in [0.25, 0.3) is 0 Å². The lowest BCUT2D eigenvalue weighted by Crippen LogP contribution is -2.39. The van der Waals surface area contributed by atoms with E-state index in [1.807, 2.05) is 23.7 Å². The zero-order valence-electron chi connectivity index (χ0n) is 7.96. The van der Waals surface area contributed by atoms with Gasteiger partial charge in [-0.25, -0.2) is 0 Å². The summed E-state index contributed by atoms with van der Waals surface area (Å²) in [7, 11) is 1.90. The summed E-state index contributed by atoms with van der Waals surface area (Å²) in [4.78, 5) is 13.4. The van der Waals surface area contributed by atoms with Crippen molar-refractivity contribution >= 4 is 29.3 Å². The first kappa shape index (κ1) is 11.2. The van der Waals surface area contributed by atoms with Crippen LogP contribution in [0.1, 0.15) is 19.3 Å². The summed E-state index contributed by atoms with van der Waals surface area (Å²) in [5.74, 6) is 2.99. The van der Waals surface area contributed by atoms with Crippen molar-refractivity contribution in [1.82, 2.24) is 4.90 Å². The lowest BCUT2D eigenvalue weighted by atomic mass is 10.1. The van der Waals surface area contributed by atoms with Crippen LogP contribution < -0.4 is 0 Å². The topological polar surface area (TPSA) is 20.3 Å². The number of carbonyl (C=O) groups is 1. The Kier molecular flexibility index (Phi) is 4.96. The summed E-state index contributed by atoms with van der Waals surface area (Å²) in [5.41, 5.74) is 0. The molecule has 1 aliphatic heterocycles. The van der Waals surface area contributed by atoms with Crippen LogP contribution in [0.3, 0.4) is 0 Å². The molecule has 0 saturated carbocycles. The van der Waals surface area contributed by atoms with E-state index in [9.17, 15) is 4.79 Å². The van der Waals surface area contributed by atoms with E-state index in [0.29, 0.717) is 18.3 Å². The van der Waals surface area contributed by atoms with Crippen LogP contribution in [0, 0.1) is 0 Å². The predicted octanol–water partition coefficient (Wildman–Crippen LogP) is 1.97. The molecule has 0 N–H and O–H groups in total. The van der Waals surface area contributed by atoms with Crippen molar-refractivity contribution in [3.63, 3.8) is 0 Å². The Balaban J connectivity index is 2.35. The number of nitrogens with zero attached hydrogens (tertiary/aromatic N) is 1. The third kappa shape index (κ3) is 3.39. The van der Waals surface area contributed by atoms with Crippen LogP contribution >= 0.6 is 23.4 Å². The van der Waals surface area contributed by atoms with Gasteiger partial charge in [0.2, 0.25) is 5.91 Å². The van der Waals surface area contributed by atoms with E-state index in [2.05, 4.69) is 0 Å². The molecule has 1 heterocycles. The monoisotopic (exact) mass is 221 g/mol. The van der Waals surface area contributed by atoms with Crippen LogP contribution in [0.25, 0.3) is 0 Å². The van der Waals surface area contributed by atoms with Gasteiger partial charge in [-0.1, -0.05) is 0 Å². The third-order valence-electron chi connectivity index (χ3n) is 2.44. The van der Waals surface area contributed by atoms with Crippen LogP contribution in [0.15, 0.2) is 0 Å². The second kappa shape index (κ2) is 5.76. The molecule has 1 fully saturated rings. The van der Waals surface area contributed by atoms with E-state index in [4.69, 9.17) is 11.6 Å². The maximum Gasteiger partial charge on any atom is 0.223 e.